The Morgan fingerprint density at radius 1 is 0.857 bits per heavy atom. The zero-order chi connectivity index (χ0) is 15.0. The van der Waals surface area contributed by atoms with Gasteiger partial charge in [0.2, 0.25) is 0 Å². The fraction of sp³-hybridized carbons (Fsp3) is 0.333. The average Bonchev–Trinajstić information content (AvgIpc) is 2.44. The number of hydrogen-bond donors (Lipinski definition) is 0. The quantitative estimate of drug-likeness (QED) is 0.606. The van der Waals surface area contributed by atoms with E-state index >= 15 is 0 Å². The second kappa shape index (κ2) is 5.95. The molecule has 0 aromatic heterocycles. The summed E-state index contributed by atoms with van der Waals surface area (Å²) in [4.78, 5) is 2.55. The summed E-state index contributed by atoms with van der Waals surface area (Å²) in [5.41, 5.74) is 2.98. The maximum absolute atomic E-state index is 6.98. The Labute approximate surface area is 138 Å². The monoisotopic (exact) mass is 407 g/mol. The van der Waals surface area contributed by atoms with Crippen LogP contribution >= 0.6 is 8.83 Å². The van der Waals surface area contributed by atoms with Crippen molar-refractivity contribution in [2.45, 2.75) is 39.4 Å². The van der Waals surface area contributed by atoms with E-state index in [-0.39, 0.29) is 5.54 Å². The van der Waals surface area contributed by atoms with Gasteiger partial charge in [-0.3, -0.25) is 0 Å². The summed E-state index contributed by atoms with van der Waals surface area (Å²) in [6, 6.07) is 17.5. The van der Waals surface area contributed by atoms with Gasteiger partial charge in [-0.25, -0.2) is 0 Å². The number of halogens is 1. The Balaban J connectivity index is 2.16. The molecule has 1 aliphatic heterocycles. The van der Waals surface area contributed by atoms with Gasteiger partial charge in [-0.15, -0.1) is 0 Å². The molecule has 21 heavy (non-hydrogen) atoms. The molecule has 2 aromatic carbocycles. The minimum absolute atomic E-state index is 0.145. The molecular weight excluding hydrogens is 387 g/mol. The summed E-state index contributed by atoms with van der Waals surface area (Å²) in [7, 11) is 6.98. The summed E-state index contributed by atoms with van der Waals surface area (Å²) in [5, 5.41) is 0. The van der Waals surface area contributed by atoms with Crippen LogP contribution in [0.15, 0.2) is 48.5 Å². The Morgan fingerprint density at radius 2 is 1.29 bits per heavy atom. The van der Waals surface area contributed by atoms with Crippen molar-refractivity contribution < 1.29 is 0 Å². The van der Waals surface area contributed by atoms with Crippen LogP contribution in [0.1, 0.15) is 31.9 Å². The van der Waals surface area contributed by atoms with Crippen LogP contribution in [0, 0.1) is 0 Å². The van der Waals surface area contributed by atoms with E-state index in [1.54, 1.807) is 0 Å². The molecule has 3 heteroatoms. The summed E-state index contributed by atoms with van der Waals surface area (Å²) >= 11 is -2.09. The first kappa shape index (κ1) is 15.4. The first-order valence-electron chi connectivity index (χ1n) is 7.33. The Hall–Kier alpha value is -0.492. The van der Waals surface area contributed by atoms with E-state index < -0.39 is 19.1 Å². The number of hydrogen-bond acceptors (Lipinski definition) is 1. The predicted molar refractivity (Wildman–Crippen MR) is 92.8 cm³/mol. The van der Waals surface area contributed by atoms with Crippen LogP contribution < -0.4 is 7.02 Å². The van der Waals surface area contributed by atoms with Crippen molar-refractivity contribution in [1.82, 2.24) is 4.90 Å². The zero-order valence-electron chi connectivity index (χ0n) is 12.8. The molecule has 0 fully saturated rings. The Kier molecular flexibility index (Phi) is 4.37. The summed E-state index contributed by atoms with van der Waals surface area (Å²) < 4.78 is 2.84. The van der Waals surface area contributed by atoms with E-state index in [9.17, 15) is 0 Å². The van der Waals surface area contributed by atoms with Crippen LogP contribution in [0.25, 0.3) is 0 Å². The van der Waals surface area contributed by atoms with Crippen LogP contribution in [0.2, 0.25) is 0 Å². The van der Waals surface area contributed by atoms with Gasteiger partial charge in [-0.05, 0) is 0 Å². The van der Waals surface area contributed by atoms with E-state index in [0.29, 0.717) is 0 Å². The first-order chi connectivity index (χ1) is 9.97. The molecule has 0 aliphatic carbocycles. The van der Waals surface area contributed by atoms with Crippen molar-refractivity contribution in [2.24, 2.45) is 0 Å². The topological polar surface area (TPSA) is 3.24 Å². The molecule has 0 radical (unpaired) electrons. The van der Waals surface area contributed by atoms with E-state index in [1.165, 1.54) is 18.1 Å². The summed E-state index contributed by atoms with van der Waals surface area (Å²) in [6.07, 6.45) is 0. The van der Waals surface area contributed by atoms with Gasteiger partial charge in [0.1, 0.15) is 0 Å². The Morgan fingerprint density at radius 3 is 1.71 bits per heavy atom. The zero-order valence-corrected chi connectivity index (χ0v) is 16.1. The van der Waals surface area contributed by atoms with Gasteiger partial charge in [0, 0.05) is 0 Å². The summed E-state index contributed by atoms with van der Waals surface area (Å²) in [6.45, 7) is 8.85. The van der Waals surface area contributed by atoms with Crippen molar-refractivity contribution in [3.05, 3.63) is 59.7 Å². The second-order valence-electron chi connectivity index (χ2n) is 6.57. The van der Waals surface area contributed by atoms with Crippen LogP contribution in [0.4, 0.5) is 0 Å². The van der Waals surface area contributed by atoms with E-state index in [2.05, 4.69) is 74.2 Å². The van der Waals surface area contributed by atoms with E-state index in [0.717, 1.165) is 13.1 Å². The molecule has 1 heterocycles. The molecular formula is C18H21ClNSb. The van der Waals surface area contributed by atoms with Crippen molar-refractivity contribution in [1.29, 1.82) is 0 Å². The number of fused-ring (bicyclic) bond motifs is 2. The average molecular weight is 409 g/mol. The number of nitrogens with zero attached hydrogens (tertiary/aromatic N) is 1. The molecule has 0 unspecified atom stereocenters. The van der Waals surface area contributed by atoms with Crippen LogP contribution in [-0.4, -0.2) is 29.5 Å². The van der Waals surface area contributed by atoms with Gasteiger partial charge in [0.05, 0.1) is 0 Å². The molecule has 1 nitrogen and oxygen atoms in total. The molecule has 2 aromatic rings. The molecule has 0 spiro atoms. The van der Waals surface area contributed by atoms with E-state index in [1.807, 2.05) is 0 Å². The third-order valence-corrected chi connectivity index (χ3v) is 11.4. The van der Waals surface area contributed by atoms with Gasteiger partial charge in [-0.1, -0.05) is 0 Å². The van der Waals surface area contributed by atoms with Crippen molar-refractivity contribution in [3.8, 4) is 0 Å². The van der Waals surface area contributed by atoms with Gasteiger partial charge < -0.3 is 0 Å². The fourth-order valence-electron chi connectivity index (χ4n) is 2.74. The van der Waals surface area contributed by atoms with Crippen LogP contribution in [-0.2, 0) is 13.1 Å². The SMILES string of the molecule is CC(C)(C)N1Cc2cccc[c]2[Sb]([Cl])[c]2ccccc2C1. The second-order valence-corrected chi connectivity index (χ2v) is 13.2. The molecule has 0 amide bonds. The van der Waals surface area contributed by atoms with Gasteiger partial charge >= 0.3 is 139 Å². The van der Waals surface area contributed by atoms with Gasteiger partial charge in [0.15, 0.2) is 0 Å². The van der Waals surface area contributed by atoms with Crippen molar-refractivity contribution in [2.75, 3.05) is 0 Å². The molecule has 0 saturated carbocycles. The molecule has 0 bridgehead atoms. The van der Waals surface area contributed by atoms with Gasteiger partial charge in [0.25, 0.3) is 0 Å². The molecule has 0 atom stereocenters. The Bertz CT molecular complexity index is 598. The molecule has 0 saturated heterocycles. The minimum atomic E-state index is -2.09. The third-order valence-electron chi connectivity index (χ3n) is 4.08. The number of benzene rings is 2. The number of rotatable bonds is 0. The predicted octanol–water partition coefficient (Wildman–Crippen LogP) is 3.15. The maximum atomic E-state index is 6.98. The van der Waals surface area contributed by atoms with Crippen molar-refractivity contribution >= 4 is 34.9 Å². The first-order valence-corrected chi connectivity index (χ1v) is 13.1. The van der Waals surface area contributed by atoms with Crippen LogP contribution in [0.5, 0.6) is 0 Å². The summed E-state index contributed by atoms with van der Waals surface area (Å²) in [5.74, 6) is 0. The normalized spacial score (nSPS) is 16.8. The van der Waals surface area contributed by atoms with E-state index in [4.69, 9.17) is 8.83 Å². The van der Waals surface area contributed by atoms with Gasteiger partial charge in [-0.2, -0.15) is 0 Å². The molecule has 3 rings (SSSR count). The molecule has 1 aliphatic rings. The van der Waals surface area contributed by atoms with Crippen molar-refractivity contribution in [3.63, 3.8) is 0 Å². The molecule has 110 valence electrons. The van der Waals surface area contributed by atoms with Crippen LogP contribution in [0.3, 0.4) is 0 Å². The molecule has 0 N–H and O–H groups in total. The fourth-order valence-corrected chi connectivity index (χ4v) is 9.20. The third kappa shape index (κ3) is 3.16. The standard InChI is InChI=1S/C18H21N.ClH.Sb/c1-18(2,3)19(14-16-10-6-4-7-11-16)15-17-12-8-5-9-13-17;;/h4-10,12H,14-15H2,1-3H3;1H;/q;;+1/p-1.